The minimum absolute atomic E-state index is 0.389. The predicted molar refractivity (Wildman–Crippen MR) is 83.1 cm³/mol. The number of hydrogen-bond acceptors (Lipinski definition) is 1. The minimum Gasteiger partial charge on any atom is -0.324 e. The number of alkyl halides is 1. The Kier molecular flexibility index (Phi) is 4.75. The van der Waals surface area contributed by atoms with E-state index < -0.39 is 0 Å². The van der Waals surface area contributed by atoms with Gasteiger partial charge in [0.25, 0.3) is 0 Å². The van der Waals surface area contributed by atoms with Crippen LogP contribution in [0.2, 0.25) is 5.02 Å². The third-order valence-electron chi connectivity index (χ3n) is 3.47. The maximum atomic E-state index is 6.21. The summed E-state index contributed by atoms with van der Waals surface area (Å²) in [4.78, 5) is 4.58. The molecule has 1 heterocycles. The van der Waals surface area contributed by atoms with Crippen molar-refractivity contribution in [3.63, 3.8) is 0 Å². The average Bonchev–Trinajstić information content (AvgIpc) is 2.76. The monoisotopic (exact) mass is 298 g/mol. The fraction of sp³-hybridized carbons (Fsp3) is 0.533. The first kappa shape index (κ1) is 14.7. The largest absolute Gasteiger partial charge is 0.324 e. The van der Waals surface area contributed by atoms with Crippen molar-refractivity contribution in [2.45, 2.75) is 45.5 Å². The number of rotatable bonds is 5. The molecule has 0 saturated heterocycles. The summed E-state index contributed by atoms with van der Waals surface area (Å²) in [6.45, 7) is 6.72. The molecule has 0 saturated carbocycles. The zero-order valence-electron chi connectivity index (χ0n) is 11.7. The summed E-state index contributed by atoms with van der Waals surface area (Å²) in [6.07, 6.45) is 2.32. The second-order valence-electron chi connectivity index (χ2n) is 5.46. The highest BCUT2D eigenvalue weighted by Gasteiger charge is 2.16. The van der Waals surface area contributed by atoms with Crippen LogP contribution in [0, 0.1) is 5.92 Å². The van der Waals surface area contributed by atoms with Gasteiger partial charge in [0.15, 0.2) is 0 Å². The lowest BCUT2D eigenvalue weighted by molar-refractivity contribution is 0.440. The fourth-order valence-electron chi connectivity index (χ4n) is 2.42. The molecule has 0 aliphatic carbocycles. The maximum Gasteiger partial charge on any atom is 0.125 e. The van der Waals surface area contributed by atoms with Crippen molar-refractivity contribution >= 4 is 34.2 Å². The summed E-state index contributed by atoms with van der Waals surface area (Å²) in [5, 5.41) is 0.693. The molecule has 0 aliphatic rings. The van der Waals surface area contributed by atoms with E-state index in [1.54, 1.807) is 0 Å². The molecule has 0 bridgehead atoms. The molecule has 0 fully saturated rings. The van der Waals surface area contributed by atoms with Gasteiger partial charge in [-0.3, -0.25) is 0 Å². The third-order valence-corrected chi connectivity index (χ3v) is 4.01. The molecule has 1 aromatic heterocycles. The Bertz CT molecular complexity index is 561. The summed E-state index contributed by atoms with van der Waals surface area (Å²) in [5.41, 5.74) is 1.94. The molecule has 1 unspecified atom stereocenters. The second-order valence-corrected chi connectivity index (χ2v) is 6.13. The van der Waals surface area contributed by atoms with Gasteiger partial charge >= 0.3 is 0 Å². The highest BCUT2D eigenvalue weighted by atomic mass is 35.5. The van der Waals surface area contributed by atoms with Gasteiger partial charge in [0.1, 0.15) is 11.3 Å². The van der Waals surface area contributed by atoms with Gasteiger partial charge in [-0.15, -0.1) is 11.6 Å². The molecule has 104 valence electrons. The van der Waals surface area contributed by atoms with Crippen molar-refractivity contribution < 1.29 is 0 Å². The van der Waals surface area contributed by atoms with E-state index in [0.29, 0.717) is 22.9 Å². The molecule has 0 N–H and O–H groups in total. The van der Waals surface area contributed by atoms with E-state index in [1.165, 1.54) is 6.42 Å². The van der Waals surface area contributed by atoms with E-state index in [0.717, 1.165) is 23.3 Å². The SMILES string of the molecule is CC(C)CCC(C)n1c(CCl)nc2c(Cl)cccc21. The van der Waals surface area contributed by atoms with Crippen LogP contribution in [-0.4, -0.2) is 9.55 Å². The van der Waals surface area contributed by atoms with Crippen LogP contribution in [0.1, 0.15) is 45.5 Å². The Morgan fingerprint density at radius 2 is 1.95 bits per heavy atom. The smallest absolute Gasteiger partial charge is 0.125 e. The van der Waals surface area contributed by atoms with Gasteiger partial charge < -0.3 is 4.57 Å². The first-order valence-corrected chi connectivity index (χ1v) is 7.67. The average molecular weight is 299 g/mol. The molecular weight excluding hydrogens is 279 g/mol. The van der Waals surface area contributed by atoms with E-state index in [9.17, 15) is 0 Å². The second kappa shape index (κ2) is 6.15. The lowest BCUT2D eigenvalue weighted by Gasteiger charge is -2.18. The van der Waals surface area contributed by atoms with E-state index in [2.05, 4.69) is 36.4 Å². The van der Waals surface area contributed by atoms with E-state index in [1.807, 2.05) is 12.1 Å². The Hall–Kier alpha value is -0.730. The van der Waals surface area contributed by atoms with E-state index >= 15 is 0 Å². The molecule has 1 atom stereocenters. The van der Waals surface area contributed by atoms with Crippen LogP contribution in [0.5, 0.6) is 0 Å². The molecule has 0 radical (unpaired) electrons. The van der Waals surface area contributed by atoms with Crippen molar-refractivity contribution in [1.82, 2.24) is 9.55 Å². The lowest BCUT2D eigenvalue weighted by atomic mass is 10.0. The first-order valence-electron chi connectivity index (χ1n) is 6.75. The molecule has 2 rings (SSSR count). The topological polar surface area (TPSA) is 17.8 Å². The molecule has 19 heavy (non-hydrogen) atoms. The zero-order chi connectivity index (χ0) is 14.0. The summed E-state index contributed by atoms with van der Waals surface area (Å²) in [6, 6.07) is 6.30. The van der Waals surface area contributed by atoms with Crippen LogP contribution >= 0.6 is 23.2 Å². The minimum atomic E-state index is 0.389. The zero-order valence-corrected chi connectivity index (χ0v) is 13.2. The van der Waals surface area contributed by atoms with Gasteiger partial charge in [0, 0.05) is 6.04 Å². The van der Waals surface area contributed by atoms with Gasteiger partial charge in [-0.1, -0.05) is 31.5 Å². The van der Waals surface area contributed by atoms with Crippen molar-refractivity contribution in [2.75, 3.05) is 0 Å². The molecule has 0 spiro atoms. The first-order chi connectivity index (χ1) is 9.04. The van der Waals surface area contributed by atoms with Crippen LogP contribution in [0.15, 0.2) is 18.2 Å². The number of imidazole rings is 1. The van der Waals surface area contributed by atoms with Gasteiger partial charge in [-0.2, -0.15) is 0 Å². The summed E-state index contributed by atoms with van der Waals surface area (Å²) >= 11 is 12.2. The molecule has 4 heteroatoms. The molecule has 1 aromatic carbocycles. The Balaban J connectivity index is 2.42. The van der Waals surface area contributed by atoms with Crippen LogP contribution in [0.25, 0.3) is 11.0 Å². The number of hydrogen-bond donors (Lipinski definition) is 0. The van der Waals surface area contributed by atoms with Crippen LogP contribution in [0.3, 0.4) is 0 Å². The summed E-state index contributed by atoms with van der Waals surface area (Å²) < 4.78 is 2.23. The Morgan fingerprint density at radius 3 is 2.58 bits per heavy atom. The number of para-hydroxylation sites is 1. The number of fused-ring (bicyclic) bond motifs is 1. The fourth-order valence-corrected chi connectivity index (χ4v) is 2.82. The summed E-state index contributed by atoms with van der Waals surface area (Å²) in [7, 11) is 0. The van der Waals surface area contributed by atoms with Crippen LogP contribution in [-0.2, 0) is 5.88 Å². The van der Waals surface area contributed by atoms with Crippen LogP contribution < -0.4 is 0 Å². The normalized spacial score (nSPS) is 13.4. The predicted octanol–water partition coefficient (Wildman–Crippen LogP) is 5.43. The van der Waals surface area contributed by atoms with Gasteiger partial charge in [-0.05, 0) is 37.8 Å². The Labute approximate surface area is 124 Å². The quantitative estimate of drug-likeness (QED) is 0.673. The number of benzene rings is 1. The lowest BCUT2D eigenvalue weighted by Crippen LogP contribution is -2.09. The molecule has 0 aliphatic heterocycles. The van der Waals surface area contributed by atoms with Crippen LogP contribution in [0.4, 0.5) is 0 Å². The van der Waals surface area contributed by atoms with Gasteiger partial charge in [0.05, 0.1) is 16.4 Å². The molecule has 2 nitrogen and oxygen atoms in total. The van der Waals surface area contributed by atoms with E-state index in [-0.39, 0.29) is 0 Å². The van der Waals surface area contributed by atoms with E-state index in [4.69, 9.17) is 23.2 Å². The maximum absolute atomic E-state index is 6.21. The van der Waals surface area contributed by atoms with Crippen molar-refractivity contribution in [2.24, 2.45) is 5.92 Å². The van der Waals surface area contributed by atoms with Crippen molar-refractivity contribution in [3.05, 3.63) is 29.0 Å². The van der Waals surface area contributed by atoms with Crippen molar-refractivity contribution in [3.8, 4) is 0 Å². The molecule has 2 aromatic rings. The number of nitrogens with zero attached hydrogens (tertiary/aromatic N) is 2. The van der Waals surface area contributed by atoms with Gasteiger partial charge in [-0.25, -0.2) is 4.98 Å². The van der Waals surface area contributed by atoms with Gasteiger partial charge in [0.2, 0.25) is 0 Å². The summed E-state index contributed by atoms with van der Waals surface area (Å²) in [5.74, 6) is 2.03. The number of halogens is 2. The highest BCUT2D eigenvalue weighted by molar-refractivity contribution is 6.35. The van der Waals surface area contributed by atoms with Crippen molar-refractivity contribution in [1.29, 1.82) is 0 Å². The third kappa shape index (κ3) is 3.06. The standard InChI is InChI=1S/C15H20Cl2N2/c1-10(2)7-8-11(3)19-13-6-4-5-12(17)15(13)18-14(19)9-16/h4-6,10-11H,7-9H2,1-3H3. The molecular formula is C15H20Cl2N2. The highest BCUT2D eigenvalue weighted by Crippen LogP contribution is 2.29. The Morgan fingerprint density at radius 1 is 1.21 bits per heavy atom. The molecule has 0 amide bonds. The number of aromatic nitrogens is 2.